The lowest BCUT2D eigenvalue weighted by Crippen LogP contribution is -2.13. The van der Waals surface area contributed by atoms with E-state index in [0.717, 1.165) is 29.0 Å². The number of rotatable bonds is 6. The quantitative estimate of drug-likeness (QED) is 0.762. The molecule has 0 saturated carbocycles. The summed E-state index contributed by atoms with van der Waals surface area (Å²) in [5, 5.41) is 0.784. The van der Waals surface area contributed by atoms with E-state index in [2.05, 4.69) is 24.1 Å². The summed E-state index contributed by atoms with van der Waals surface area (Å²) in [6.07, 6.45) is 7.89. The average molecular weight is 308 g/mol. The van der Waals surface area contributed by atoms with E-state index in [0.29, 0.717) is 11.5 Å². The second-order valence-corrected chi connectivity index (χ2v) is 5.82. The third kappa shape index (κ3) is 5.52. The summed E-state index contributed by atoms with van der Waals surface area (Å²) in [4.78, 5) is 16.8. The molecule has 1 aliphatic heterocycles. The normalized spacial score (nSPS) is 20.8. The van der Waals surface area contributed by atoms with Crippen LogP contribution in [-0.2, 0) is 9.53 Å². The molecular weight excluding hydrogens is 284 g/mol. The molecule has 0 saturated heterocycles. The first-order valence-corrected chi connectivity index (χ1v) is 8.09. The number of allylic oxidation sites excluding steroid dienone is 4. The Morgan fingerprint density at radius 1 is 1.52 bits per heavy atom. The molecule has 5 heteroatoms. The predicted octanol–water partition coefficient (Wildman–Crippen LogP) is 3.56. The van der Waals surface area contributed by atoms with E-state index < -0.39 is 0 Å². The molecule has 2 N–H and O–H groups in total. The van der Waals surface area contributed by atoms with Crippen LogP contribution >= 0.6 is 11.8 Å². The van der Waals surface area contributed by atoms with Crippen molar-refractivity contribution in [3.8, 4) is 0 Å². The zero-order chi connectivity index (χ0) is 15.8. The van der Waals surface area contributed by atoms with Crippen molar-refractivity contribution >= 4 is 22.8 Å². The zero-order valence-electron chi connectivity index (χ0n) is 13.2. The van der Waals surface area contributed by atoms with Crippen molar-refractivity contribution in [2.45, 2.75) is 46.7 Å². The van der Waals surface area contributed by atoms with Gasteiger partial charge in [-0.15, -0.1) is 0 Å². The Labute approximate surface area is 131 Å². The highest BCUT2D eigenvalue weighted by Gasteiger charge is 2.25. The molecular formula is C16H24N2O2S. The number of hydrogen-bond acceptors (Lipinski definition) is 5. The summed E-state index contributed by atoms with van der Waals surface area (Å²) in [7, 11) is 0. The van der Waals surface area contributed by atoms with Crippen molar-refractivity contribution < 1.29 is 9.53 Å². The highest BCUT2D eigenvalue weighted by atomic mass is 32.2. The topological polar surface area (TPSA) is 64.7 Å². The van der Waals surface area contributed by atoms with Crippen molar-refractivity contribution in [1.82, 2.24) is 0 Å². The van der Waals surface area contributed by atoms with Gasteiger partial charge in [-0.1, -0.05) is 37.3 Å². The van der Waals surface area contributed by atoms with Crippen LogP contribution in [0.1, 0.15) is 40.5 Å². The minimum absolute atomic E-state index is 0.301. The molecule has 4 nitrogen and oxygen atoms in total. The standard InChI is InChI=1S/C16H24N2O2S/c1-5-7-8-9-11(3)13-10-14(16(19)20-6-2)21-15(13)18-12(4)17/h8-10,12H,5-7,17H2,1-4H3/b9-8+,13-11+,18-15+. The Kier molecular flexibility index (Phi) is 7.47. The molecule has 0 aromatic rings. The van der Waals surface area contributed by atoms with Crippen LogP contribution in [-0.4, -0.2) is 23.8 Å². The van der Waals surface area contributed by atoms with Gasteiger partial charge in [-0.3, -0.25) is 4.99 Å². The summed E-state index contributed by atoms with van der Waals surface area (Å²) < 4.78 is 5.05. The van der Waals surface area contributed by atoms with Crippen LogP contribution in [0.2, 0.25) is 0 Å². The van der Waals surface area contributed by atoms with Crippen LogP contribution in [0, 0.1) is 0 Å². The van der Waals surface area contributed by atoms with Gasteiger partial charge in [-0.05, 0) is 38.8 Å². The average Bonchev–Trinajstić information content (AvgIpc) is 2.82. The van der Waals surface area contributed by atoms with Crippen LogP contribution in [0.15, 0.2) is 39.3 Å². The summed E-state index contributed by atoms with van der Waals surface area (Å²) >= 11 is 1.33. The molecule has 0 aromatic heterocycles. The SMILES string of the molecule is CCC/C=C/C(C)=C1\C=C(C(=O)OCC)S\C1=N\C(C)N. The zero-order valence-corrected chi connectivity index (χ0v) is 14.0. The van der Waals surface area contributed by atoms with E-state index in [1.165, 1.54) is 11.8 Å². The number of carbonyl (C=O) groups excluding carboxylic acids is 1. The fourth-order valence-electron chi connectivity index (χ4n) is 1.76. The first-order chi connectivity index (χ1) is 9.99. The maximum Gasteiger partial charge on any atom is 0.345 e. The molecule has 0 radical (unpaired) electrons. The molecule has 0 fully saturated rings. The number of carbonyl (C=O) groups is 1. The number of aliphatic imine (C=N–C) groups is 1. The van der Waals surface area contributed by atoms with Crippen molar-refractivity contribution in [2.75, 3.05) is 6.61 Å². The fourth-order valence-corrected chi connectivity index (χ4v) is 2.84. The first-order valence-electron chi connectivity index (χ1n) is 7.27. The van der Waals surface area contributed by atoms with Crippen molar-refractivity contribution in [2.24, 2.45) is 10.7 Å². The highest BCUT2D eigenvalue weighted by molar-refractivity contribution is 8.18. The minimum Gasteiger partial charge on any atom is -0.462 e. The van der Waals surface area contributed by atoms with Crippen LogP contribution in [0.3, 0.4) is 0 Å². The van der Waals surface area contributed by atoms with E-state index in [1.807, 2.05) is 19.9 Å². The Bertz CT molecular complexity index is 502. The van der Waals surface area contributed by atoms with Gasteiger partial charge in [0.2, 0.25) is 0 Å². The van der Waals surface area contributed by atoms with Gasteiger partial charge in [0.15, 0.2) is 0 Å². The summed E-state index contributed by atoms with van der Waals surface area (Å²) in [5.41, 5.74) is 7.79. The van der Waals surface area contributed by atoms with E-state index in [4.69, 9.17) is 10.5 Å². The molecule has 1 heterocycles. The molecule has 1 aliphatic rings. The second-order valence-electron chi connectivity index (χ2n) is 4.79. The third-order valence-corrected chi connectivity index (χ3v) is 3.78. The molecule has 0 amide bonds. The van der Waals surface area contributed by atoms with Gasteiger partial charge in [0, 0.05) is 5.57 Å². The number of thioether (sulfide) groups is 1. The lowest BCUT2D eigenvalue weighted by Gasteiger charge is -2.05. The molecule has 116 valence electrons. The Morgan fingerprint density at radius 3 is 2.81 bits per heavy atom. The maximum absolute atomic E-state index is 11.9. The van der Waals surface area contributed by atoms with Gasteiger partial charge >= 0.3 is 5.97 Å². The van der Waals surface area contributed by atoms with Crippen molar-refractivity contribution in [1.29, 1.82) is 0 Å². The summed E-state index contributed by atoms with van der Waals surface area (Å²) in [5.74, 6) is -0.305. The highest BCUT2D eigenvalue weighted by Crippen LogP contribution is 2.34. The van der Waals surface area contributed by atoms with Crippen molar-refractivity contribution in [3.05, 3.63) is 34.3 Å². The number of nitrogens with zero attached hydrogens (tertiary/aromatic N) is 1. The van der Waals surface area contributed by atoms with Crippen LogP contribution in [0.4, 0.5) is 0 Å². The number of nitrogens with two attached hydrogens (primary N) is 1. The van der Waals surface area contributed by atoms with Crippen LogP contribution in [0.25, 0.3) is 0 Å². The molecule has 21 heavy (non-hydrogen) atoms. The molecule has 0 aromatic carbocycles. The van der Waals surface area contributed by atoms with Crippen LogP contribution < -0.4 is 5.73 Å². The molecule has 0 bridgehead atoms. The lowest BCUT2D eigenvalue weighted by molar-refractivity contribution is -0.137. The lowest BCUT2D eigenvalue weighted by atomic mass is 10.1. The van der Waals surface area contributed by atoms with Gasteiger partial charge in [0.1, 0.15) is 5.04 Å². The maximum atomic E-state index is 11.9. The smallest absolute Gasteiger partial charge is 0.345 e. The van der Waals surface area contributed by atoms with Crippen molar-refractivity contribution in [3.63, 3.8) is 0 Å². The van der Waals surface area contributed by atoms with Gasteiger partial charge < -0.3 is 10.5 Å². The second kappa shape index (κ2) is 8.85. The molecule has 1 rings (SSSR count). The number of ether oxygens (including phenoxy) is 1. The van der Waals surface area contributed by atoms with Gasteiger partial charge in [0.25, 0.3) is 0 Å². The van der Waals surface area contributed by atoms with E-state index in [1.54, 1.807) is 6.92 Å². The van der Waals surface area contributed by atoms with Gasteiger partial charge in [-0.25, -0.2) is 4.79 Å². The molecule has 0 aliphatic carbocycles. The number of unbranched alkanes of at least 4 members (excludes halogenated alkanes) is 1. The first kappa shape index (κ1) is 17.7. The van der Waals surface area contributed by atoms with E-state index in [9.17, 15) is 4.79 Å². The predicted molar refractivity (Wildman–Crippen MR) is 90.1 cm³/mol. The largest absolute Gasteiger partial charge is 0.462 e. The van der Waals surface area contributed by atoms with E-state index >= 15 is 0 Å². The van der Waals surface area contributed by atoms with Gasteiger partial charge in [-0.2, -0.15) is 0 Å². The van der Waals surface area contributed by atoms with E-state index in [-0.39, 0.29) is 12.1 Å². The Balaban J connectivity index is 3.09. The number of hydrogen-bond donors (Lipinski definition) is 1. The number of esters is 1. The summed E-state index contributed by atoms with van der Waals surface area (Å²) in [6, 6.07) is 0. The third-order valence-electron chi connectivity index (χ3n) is 2.76. The Hall–Kier alpha value is -1.33. The summed E-state index contributed by atoms with van der Waals surface area (Å²) in [6.45, 7) is 8.13. The minimum atomic E-state index is -0.305. The monoisotopic (exact) mass is 308 g/mol. The fraction of sp³-hybridized carbons (Fsp3) is 0.500. The van der Waals surface area contributed by atoms with Crippen LogP contribution in [0.5, 0.6) is 0 Å². The Morgan fingerprint density at radius 2 is 2.24 bits per heavy atom. The molecule has 1 atom stereocenters. The van der Waals surface area contributed by atoms with Gasteiger partial charge in [0.05, 0.1) is 17.7 Å². The molecule has 1 unspecified atom stereocenters. The molecule has 0 spiro atoms.